The molecule has 0 aromatic heterocycles. The molecule has 0 saturated heterocycles. The Morgan fingerprint density at radius 2 is 1.68 bits per heavy atom. The van der Waals surface area contributed by atoms with E-state index < -0.39 is 11.8 Å². The number of benzene rings is 3. The van der Waals surface area contributed by atoms with E-state index in [4.69, 9.17) is 4.84 Å². The molecule has 0 heterocycles. The van der Waals surface area contributed by atoms with Crippen molar-refractivity contribution >= 4 is 23.0 Å². The van der Waals surface area contributed by atoms with Crippen molar-refractivity contribution in [3.63, 3.8) is 0 Å². The smallest absolute Gasteiger partial charge is 0.313 e. The second kappa shape index (κ2) is 6.18. The second-order valence-electron chi connectivity index (χ2n) is 4.69. The third-order valence-corrected chi connectivity index (χ3v) is 3.23. The molecule has 0 bridgehead atoms. The summed E-state index contributed by atoms with van der Waals surface area (Å²) in [6, 6.07) is 18.8. The summed E-state index contributed by atoms with van der Waals surface area (Å²) in [6.07, 6.45) is 1.49. The molecular weight excluding hydrogens is 281 g/mol. The summed E-state index contributed by atoms with van der Waals surface area (Å²) in [5.41, 5.74) is 1.10. The summed E-state index contributed by atoms with van der Waals surface area (Å²) in [5.74, 6) is -1.03. The van der Waals surface area contributed by atoms with Gasteiger partial charge in [-0.1, -0.05) is 47.6 Å². The topological polar surface area (TPSA) is 38.7 Å². The van der Waals surface area contributed by atoms with Crippen LogP contribution >= 0.6 is 0 Å². The molecule has 0 unspecified atom stereocenters. The van der Waals surface area contributed by atoms with Crippen LogP contribution in [0.2, 0.25) is 0 Å². The van der Waals surface area contributed by atoms with E-state index in [0.29, 0.717) is 0 Å². The van der Waals surface area contributed by atoms with Gasteiger partial charge in [0, 0.05) is 5.56 Å². The van der Waals surface area contributed by atoms with Gasteiger partial charge in [-0.3, -0.25) is 0 Å². The first-order valence-electron chi connectivity index (χ1n) is 6.72. The number of hydrogen-bond acceptors (Lipinski definition) is 3. The molecule has 0 amide bonds. The Balaban J connectivity index is 1.76. The maximum absolute atomic E-state index is 12.8. The van der Waals surface area contributed by atoms with E-state index in [1.54, 1.807) is 0 Å². The van der Waals surface area contributed by atoms with Gasteiger partial charge in [-0.15, -0.1) is 0 Å². The molecule has 0 aliphatic carbocycles. The van der Waals surface area contributed by atoms with Crippen molar-refractivity contribution in [2.45, 2.75) is 0 Å². The molecule has 4 heteroatoms. The highest BCUT2D eigenvalue weighted by atomic mass is 19.1. The highest BCUT2D eigenvalue weighted by molar-refractivity contribution is 5.99. The van der Waals surface area contributed by atoms with Crippen LogP contribution in [0.1, 0.15) is 15.9 Å². The zero-order valence-electron chi connectivity index (χ0n) is 11.6. The van der Waals surface area contributed by atoms with Gasteiger partial charge in [0.25, 0.3) is 0 Å². The number of carbonyl (C=O) groups excluding carboxylic acids is 1. The summed E-state index contributed by atoms with van der Waals surface area (Å²) in [6.45, 7) is 0. The summed E-state index contributed by atoms with van der Waals surface area (Å²) in [7, 11) is 0. The molecule has 3 nitrogen and oxygen atoms in total. The minimum atomic E-state index is -0.628. The molecular formula is C18H12FNO2. The van der Waals surface area contributed by atoms with Crippen LogP contribution in [-0.2, 0) is 4.84 Å². The van der Waals surface area contributed by atoms with Crippen LogP contribution in [0.5, 0.6) is 0 Å². The normalized spacial score (nSPS) is 11.0. The molecule has 0 spiro atoms. The van der Waals surface area contributed by atoms with Crippen molar-refractivity contribution in [2.24, 2.45) is 5.16 Å². The van der Waals surface area contributed by atoms with Gasteiger partial charge in [0.15, 0.2) is 0 Å². The van der Waals surface area contributed by atoms with Crippen molar-refractivity contribution in [1.29, 1.82) is 0 Å². The molecule has 3 rings (SSSR count). The standard InChI is InChI=1S/C18H12FNO2/c19-16-10-8-14(9-11-16)18(21)22-20-12-15-6-3-5-13-4-1-2-7-17(13)15/h1-12H/b20-12+. The lowest BCUT2D eigenvalue weighted by molar-refractivity contribution is 0.0519. The third kappa shape index (κ3) is 3.01. The minimum absolute atomic E-state index is 0.247. The first-order chi connectivity index (χ1) is 10.7. The van der Waals surface area contributed by atoms with Gasteiger partial charge in [0.1, 0.15) is 5.82 Å². The quantitative estimate of drug-likeness (QED) is 0.413. The van der Waals surface area contributed by atoms with Crippen LogP contribution in [-0.4, -0.2) is 12.2 Å². The van der Waals surface area contributed by atoms with Gasteiger partial charge in [0.05, 0.1) is 11.8 Å². The van der Waals surface area contributed by atoms with E-state index in [1.807, 2.05) is 42.5 Å². The van der Waals surface area contributed by atoms with E-state index >= 15 is 0 Å². The van der Waals surface area contributed by atoms with Gasteiger partial charge < -0.3 is 4.84 Å². The first kappa shape index (κ1) is 13.9. The van der Waals surface area contributed by atoms with E-state index in [0.717, 1.165) is 16.3 Å². The SMILES string of the molecule is O=C(O/N=C/c1cccc2ccccc12)c1ccc(F)cc1. The fourth-order valence-electron chi connectivity index (χ4n) is 2.13. The lowest BCUT2D eigenvalue weighted by Gasteiger charge is -2.01. The Kier molecular flexibility index (Phi) is 3.92. The second-order valence-corrected chi connectivity index (χ2v) is 4.69. The number of hydrogen-bond donors (Lipinski definition) is 0. The van der Waals surface area contributed by atoms with E-state index in [1.165, 1.54) is 30.5 Å². The van der Waals surface area contributed by atoms with Crippen LogP contribution in [0.3, 0.4) is 0 Å². The molecule has 0 saturated carbocycles. The lowest BCUT2D eigenvalue weighted by Crippen LogP contribution is -2.01. The van der Waals surface area contributed by atoms with Crippen molar-refractivity contribution in [2.75, 3.05) is 0 Å². The lowest BCUT2D eigenvalue weighted by atomic mass is 10.1. The molecule has 108 valence electrons. The molecule has 22 heavy (non-hydrogen) atoms. The Morgan fingerprint density at radius 1 is 0.955 bits per heavy atom. The molecule has 0 aliphatic heterocycles. The van der Waals surface area contributed by atoms with Gasteiger partial charge in [-0.2, -0.15) is 0 Å². The summed E-state index contributed by atoms with van der Waals surface area (Å²) in [4.78, 5) is 16.6. The number of oxime groups is 1. The highest BCUT2D eigenvalue weighted by Crippen LogP contribution is 2.16. The molecule has 0 atom stereocenters. The van der Waals surface area contributed by atoms with Gasteiger partial charge in [-0.25, -0.2) is 9.18 Å². The van der Waals surface area contributed by atoms with E-state index in [-0.39, 0.29) is 5.56 Å². The zero-order valence-corrected chi connectivity index (χ0v) is 11.6. The summed E-state index contributed by atoms with van der Waals surface area (Å²) in [5, 5.41) is 5.82. The minimum Gasteiger partial charge on any atom is -0.313 e. The van der Waals surface area contributed by atoms with Gasteiger partial charge >= 0.3 is 5.97 Å². The Morgan fingerprint density at radius 3 is 2.50 bits per heavy atom. The molecule has 0 aliphatic rings. The van der Waals surface area contributed by atoms with Crippen molar-refractivity contribution in [3.05, 3.63) is 83.7 Å². The first-order valence-corrected chi connectivity index (χ1v) is 6.72. The number of fused-ring (bicyclic) bond motifs is 1. The Labute approximate surface area is 126 Å². The predicted molar refractivity (Wildman–Crippen MR) is 83.4 cm³/mol. The molecule has 0 fully saturated rings. The summed E-state index contributed by atoms with van der Waals surface area (Å²) < 4.78 is 12.8. The highest BCUT2D eigenvalue weighted by Gasteiger charge is 2.06. The van der Waals surface area contributed by atoms with Crippen LogP contribution in [0.25, 0.3) is 10.8 Å². The third-order valence-electron chi connectivity index (χ3n) is 3.23. The average Bonchev–Trinajstić information content (AvgIpc) is 2.55. The molecule has 3 aromatic rings. The number of rotatable bonds is 3. The zero-order chi connectivity index (χ0) is 15.4. The summed E-state index contributed by atoms with van der Waals surface area (Å²) >= 11 is 0. The van der Waals surface area contributed by atoms with Crippen molar-refractivity contribution in [3.8, 4) is 0 Å². The van der Waals surface area contributed by atoms with Crippen molar-refractivity contribution in [1.82, 2.24) is 0 Å². The fourth-order valence-corrected chi connectivity index (χ4v) is 2.13. The molecule has 0 radical (unpaired) electrons. The maximum atomic E-state index is 12.8. The largest absolute Gasteiger partial charge is 0.365 e. The van der Waals surface area contributed by atoms with Crippen LogP contribution in [0.15, 0.2) is 71.9 Å². The monoisotopic (exact) mass is 293 g/mol. The van der Waals surface area contributed by atoms with Crippen LogP contribution in [0, 0.1) is 5.82 Å². The fraction of sp³-hybridized carbons (Fsp3) is 0. The molecule has 0 N–H and O–H groups in total. The number of nitrogens with zero attached hydrogens (tertiary/aromatic N) is 1. The van der Waals surface area contributed by atoms with Gasteiger partial charge in [-0.05, 0) is 35.0 Å². The average molecular weight is 293 g/mol. The van der Waals surface area contributed by atoms with E-state index in [9.17, 15) is 9.18 Å². The van der Waals surface area contributed by atoms with E-state index in [2.05, 4.69) is 5.16 Å². The number of halogens is 1. The molecule has 3 aromatic carbocycles. The van der Waals surface area contributed by atoms with Gasteiger partial charge in [0.2, 0.25) is 0 Å². The predicted octanol–water partition coefficient (Wildman–Crippen LogP) is 4.17. The Bertz CT molecular complexity index is 836. The maximum Gasteiger partial charge on any atom is 0.365 e. The number of carbonyl (C=O) groups is 1. The van der Waals surface area contributed by atoms with Crippen LogP contribution in [0.4, 0.5) is 4.39 Å². The van der Waals surface area contributed by atoms with Crippen LogP contribution < -0.4 is 0 Å². The van der Waals surface area contributed by atoms with Crippen molar-refractivity contribution < 1.29 is 14.0 Å². The Hall–Kier alpha value is -3.01.